The van der Waals surface area contributed by atoms with Crippen LogP contribution in [0.25, 0.3) is 0 Å². The Labute approximate surface area is 257 Å². The topological polar surface area (TPSA) is 88.8 Å². The molecule has 0 bridgehead atoms. The third-order valence-corrected chi connectivity index (χ3v) is 9.83. The summed E-state index contributed by atoms with van der Waals surface area (Å²) in [5, 5.41) is 9.51. The fourth-order valence-corrected chi connectivity index (χ4v) is 7.46. The second-order valence-corrected chi connectivity index (χ2v) is 12.8. The van der Waals surface area contributed by atoms with E-state index in [1.54, 1.807) is 4.90 Å². The fourth-order valence-electron chi connectivity index (χ4n) is 7.06. The predicted octanol–water partition coefficient (Wildman–Crippen LogP) is 3.75. The molecule has 4 heterocycles. The molecule has 1 aromatic heterocycles. The van der Waals surface area contributed by atoms with Gasteiger partial charge in [-0.3, -0.25) is 14.6 Å². The van der Waals surface area contributed by atoms with Gasteiger partial charge >= 0.3 is 6.01 Å². The summed E-state index contributed by atoms with van der Waals surface area (Å²) in [5.41, 5.74) is 5.13. The number of halogens is 1. The minimum absolute atomic E-state index is 0.121. The Morgan fingerprint density at radius 3 is 2.81 bits per heavy atom. The molecule has 10 heteroatoms. The molecule has 1 unspecified atom stereocenters. The maximum atomic E-state index is 12.5. The standard InChI is InChI=1S/C32H40BrN7O2/c1-2-30(41)40-16-15-39(22-27(40)9-11-34)31-28-8-7-26(38-14-10-23-19-25(33)6-5-24(23)21-38)20-29(28)35-32(36-31)42-18-17-37-12-3-4-13-37/h2,5-6,19,26-27H,1,3-4,7-10,12-18,20-22H2/t26?,27-/m0/s1. The summed E-state index contributed by atoms with van der Waals surface area (Å²) in [5.74, 6) is 0.793. The van der Waals surface area contributed by atoms with Gasteiger partial charge in [0.2, 0.25) is 5.91 Å². The molecule has 0 spiro atoms. The average molecular weight is 635 g/mol. The minimum atomic E-state index is -0.204. The van der Waals surface area contributed by atoms with Crippen molar-refractivity contribution in [1.29, 1.82) is 5.26 Å². The van der Waals surface area contributed by atoms with Crippen molar-refractivity contribution in [3.8, 4) is 12.1 Å². The van der Waals surface area contributed by atoms with Crippen LogP contribution >= 0.6 is 15.9 Å². The number of carbonyl (C=O) groups excluding carboxylic acids is 1. The van der Waals surface area contributed by atoms with Gasteiger partial charge in [-0.25, -0.2) is 0 Å². The van der Waals surface area contributed by atoms with E-state index in [0.29, 0.717) is 38.3 Å². The van der Waals surface area contributed by atoms with E-state index in [2.05, 4.69) is 61.5 Å². The Balaban J connectivity index is 1.24. The number of nitriles is 1. The number of anilines is 1. The zero-order valence-corrected chi connectivity index (χ0v) is 25.9. The first-order valence-corrected chi connectivity index (χ1v) is 16.1. The number of rotatable bonds is 8. The van der Waals surface area contributed by atoms with E-state index >= 15 is 0 Å². The van der Waals surface area contributed by atoms with Gasteiger partial charge in [-0.2, -0.15) is 15.2 Å². The fraction of sp³-hybridized carbons (Fsp3) is 0.562. The van der Waals surface area contributed by atoms with Crippen molar-refractivity contribution in [1.82, 2.24) is 24.7 Å². The van der Waals surface area contributed by atoms with Crippen LogP contribution in [0, 0.1) is 11.3 Å². The van der Waals surface area contributed by atoms with Crippen molar-refractivity contribution in [2.45, 2.75) is 63.6 Å². The van der Waals surface area contributed by atoms with Gasteiger partial charge in [0.05, 0.1) is 24.2 Å². The molecule has 42 heavy (non-hydrogen) atoms. The van der Waals surface area contributed by atoms with E-state index in [1.807, 2.05) is 0 Å². The predicted molar refractivity (Wildman–Crippen MR) is 165 cm³/mol. The maximum Gasteiger partial charge on any atom is 0.318 e. The molecule has 1 aliphatic carbocycles. The second-order valence-electron chi connectivity index (χ2n) is 11.9. The van der Waals surface area contributed by atoms with E-state index in [4.69, 9.17) is 14.7 Å². The maximum absolute atomic E-state index is 12.5. The molecule has 9 nitrogen and oxygen atoms in total. The molecule has 2 aromatic rings. The molecule has 4 aliphatic rings. The molecule has 1 amide bonds. The number of fused-ring (bicyclic) bond motifs is 2. The van der Waals surface area contributed by atoms with Crippen molar-refractivity contribution >= 4 is 27.7 Å². The molecule has 2 saturated heterocycles. The normalized spacial score (nSPS) is 22.8. The Bertz CT molecular complexity index is 1360. The van der Waals surface area contributed by atoms with Crippen LogP contribution in [0.3, 0.4) is 0 Å². The molecule has 2 atom stereocenters. The lowest BCUT2D eigenvalue weighted by molar-refractivity contribution is -0.128. The molecule has 6 rings (SSSR count). The Hall–Kier alpha value is -3.00. The van der Waals surface area contributed by atoms with Gasteiger partial charge in [-0.05, 0) is 74.5 Å². The molecular weight excluding hydrogens is 594 g/mol. The number of benzene rings is 1. The first-order chi connectivity index (χ1) is 20.5. The van der Waals surface area contributed by atoms with Crippen LogP contribution in [0.5, 0.6) is 6.01 Å². The summed E-state index contributed by atoms with van der Waals surface area (Å²) in [7, 11) is 0. The molecule has 0 N–H and O–H groups in total. The van der Waals surface area contributed by atoms with Gasteiger partial charge in [0.1, 0.15) is 12.4 Å². The highest BCUT2D eigenvalue weighted by molar-refractivity contribution is 9.10. The summed E-state index contributed by atoms with van der Waals surface area (Å²) < 4.78 is 7.36. The summed E-state index contributed by atoms with van der Waals surface area (Å²) in [6.07, 6.45) is 8.02. The quantitative estimate of drug-likeness (QED) is 0.406. The first-order valence-electron chi connectivity index (χ1n) is 15.3. The smallest absolute Gasteiger partial charge is 0.318 e. The van der Waals surface area contributed by atoms with E-state index in [-0.39, 0.29) is 18.4 Å². The molecule has 2 fully saturated rings. The highest BCUT2D eigenvalue weighted by Crippen LogP contribution is 2.35. The van der Waals surface area contributed by atoms with Crippen LogP contribution in [-0.2, 0) is 30.6 Å². The molecule has 3 aliphatic heterocycles. The number of amides is 1. The van der Waals surface area contributed by atoms with E-state index < -0.39 is 0 Å². The van der Waals surface area contributed by atoms with Crippen molar-refractivity contribution in [3.05, 3.63) is 57.7 Å². The number of hydrogen-bond acceptors (Lipinski definition) is 8. The van der Waals surface area contributed by atoms with Crippen LogP contribution in [-0.4, -0.2) is 95.1 Å². The molecule has 0 saturated carbocycles. The minimum Gasteiger partial charge on any atom is -0.462 e. The monoisotopic (exact) mass is 633 g/mol. The zero-order chi connectivity index (χ0) is 29.1. The third-order valence-electron chi connectivity index (χ3n) is 9.34. The Morgan fingerprint density at radius 1 is 1.14 bits per heavy atom. The van der Waals surface area contributed by atoms with Crippen LogP contribution in [0.1, 0.15) is 48.1 Å². The number of aromatic nitrogens is 2. The number of ether oxygens (including phenoxy) is 1. The number of nitrogens with zero attached hydrogens (tertiary/aromatic N) is 7. The zero-order valence-electron chi connectivity index (χ0n) is 24.3. The highest BCUT2D eigenvalue weighted by atomic mass is 79.9. The Morgan fingerprint density at radius 2 is 2.00 bits per heavy atom. The van der Waals surface area contributed by atoms with Crippen molar-refractivity contribution < 1.29 is 9.53 Å². The SMILES string of the molecule is C=CC(=O)N1CCN(c2nc(OCCN3CCCC3)nc3c2CCC(N2CCc4cc(Br)ccc4C2)C3)C[C@@H]1CC#N. The van der Waals surface area contributed by atoms with Gasteiger partial charge in [-0.1, -0.05) is 28.6 Å². The highest BCUT2D eigenvalue weighted by Gasteiger charge is 2.35. The molecule has 222 valence electrons. The number of likely N-dealkylation sites (tertiary alicyclic amines) is 1. The van der Waals surface area contributed by atoms with Gasteiger partial charge in [0.15, 0.2) is 0 Å². The molecular formula is C32H40BrN7O2. The van der Waals surface area contributed by atoms with Crippen molar-refractivity contribution in [2.75, 3.05) is 57.3 Å². The summed E-state index contributed by atoms with van der Waals surface area (Å²) in [4.78, 5) is 31.6. The molecule has 1 aromatic carbocycles. The van der Waals surface area contributed by atoms with Crippen molar-refractivity contribution in [3.63, 3.8) is 0 Å². The average Bonchev–Trinajstić information content (AvgIpc) is 3.53. The van der Waals surface area contributed by atoms with E-state index in [0.717, 1.165) is 74.4 Å². The summed E-state index contributed by atoms with van der Waals surface area (Å²) in [6, 6.07) is 9.59. The summed E-state index contributed by atoms with van der Waals surface area (Å²) in [6.45, 7) is 11.1. The van der Waals surface area contributed by atoms with Crippen LogP contribution < -0.4 is 9.64 Å². The first kappa shape index (κ1) is 29.1. The van der Waals surface area contributed by atoms with Gasteiger partial charge < -0.3 is 14.5 Å². The lowest BCUT2D eigenvalue weighted by atomic mass is 9.88. The lowest BCUT2D eigenvalue weighted by Crippen LogP contribution is -2.55. The molecule has 0 radical (unpaired) electrons. The summed E-state index contributed by atoms with van der Waals surface area (Å²) >= 11 is 3.62. The lowest BCUT2D eigenvalue weighted by Gasteiger charge is -2.42. The van der Waals surface area contributed by atoms with E-state index in [9.17, 15) is 10.1 Å². The Kier molecular flexibility index (Phi) is 9.08. The number of piperazine rings is 1. The number of carbonyl (C=O) groups is 1. The van der Waals surface area contributed by atoms with E-state index in [1.165, 1.54) is 35.6 Å². The second kappa shape index (κ2) is 13.1. The van der Waals surface area contributed by atoms with Gasteiger partial charge in [0.25, 0.3) is 0 Å². The largest absolute Gasteiger partial charge is 0.462 e. The van der Waals surface area contributed by atoms with Crippen LogP contribution in [0.2, 0.25) is 0 Å². The van der Waals surface area contributed by atoms with Gasteiger partial charge in [0, 0.05) is 61.8 Å². The number of hydrogen-bond donors (Lipinski definition) is 0. The third kappa shape index (κ3) is 6.34. The van der Waals surface area contributed by atoms with Crippen LogP contribution in [0.15, 0.2) is 35.3 Å². The van der Waals surface area contributed by atoms with Gasteiger partial charge in [-0.15, -0.1) is 0 Å². The van der Waals surface area contributed by atoms with Crippen molar-refractivity contribution in [2.24, 2.45) is 0 Å². The van der Waals surface area contributed by atoms with Crippen LogP contribution in [0.4, 0.5) is 5.82 Å².